The number of alkyl halides is 3. The van der Waals surface area contributed by atoms with Gasteiger partial charge in [0, 0.05) is 12.6 Å². The van der Waals surface area contributed by atoms with Gasteiger partial charge in [0.1, 0.15) is 0 Å². The van der Waals surface area contributed by atoms with Gasteiger partial charge < -0.3 is 16.2 Å². The Morgan fingerprint density at radius 3 is 2.38 bits per heavy atom. The standard InChI is InChI=1S/C6H11F3N2O2/c1-3(12)4(10)2-11-5(13)6(7,8)9/h3-4,12H,2,10H2,1H3,(H,11,13). The van der Waals surface area contributed by atoms with Gasteiger partial charge in [-0.25, -0.2) is 0 Å². The van der Waals surface area contributed by atoms with Crippen LogP contribution in [0.1, 0.15) is 6.92 Å². The SMILES string of the molecule is CC(O)C(N)CNC(=O)C(F)(F)F. The minimum absolute atomic E-state index is 0.407. The lowest BCUT2D eigenvalue weighted by Crippen LogP contribution is -2.47. The van der Waals surface area contributed by atoms with Gasteiger partial charge >= 0.3 is 12.1 Å². The van der Waals surface area contributed by atoms with Gasteiger partial charge in [-0.15, -0.1) is 0 Å². The minimum atomic E-state index is -4.90. The number of carbonyl (C=O) groups excluding carboxylic acids is 1. The van der Waals surface area contributed by atoms with E-state index < -0.39 is 30.8 Å². The number of aliphatic hydroxyl groups excluding tert-OH is 1. The summed E-state index contributed by atoms with van der Waals surface area (Å²) in [7, 11) is 0. The molecule has 2 atom stereocenters. The molecule has 1 amide bonds. The van der Waals surface area contributed by atoms with Gasteiger partial charge in [0.15, 0.2) is 0 Å². The Morgan fingerprint density at radius 1 is 1.62 bits per heavy atom. The van der Waals surface area contributed by atoms with Crippen molar-refractivity contribution < 1.29 is 23.1 Å². The highest BCUT2D eigenvalue weighted by Gasteiger charge is 2.38. The predicted molar refractivity (Wildman–Crippen MR) is 38.7 cm³/mol. The maximum atomic E-state index is 11.6. The summed E-state index contributed by atoms with van der Waals surface area (Å²) in [5.74, 6) is -2.05. The molecule has 0 spiro atoms. The summed E-state index contributed by atoms with van der Waals surface area (Å²) in [5.41, 5.74) is 5.18. The highest BCUT2D eigenvalue weighted by Crippen LogP contribution is 2.13. The first kappa shape index (κ1) is 12.2. The second-order valence-electron chi connectivity index (χ2n) is 2.61. The van der Waals surface area contributed by atoms with Crippen LogP contribution in [-0.2, 0) is 4.79 Å². The van der Waals surface area contributed by atoms with Crippen LogP contribution in [0.2, 0.25) is 0 Å². The predicted octanol–water partition coefficient (Wildman–Crippen LogP) is -0.627. The van der Waals surface area contributed by atoms with Crippen LogP contribution in [0.5, 0.6) is 0 Å². The van der Waals surface area contributed by atoms with Gasteiger partial charge in [-0.05, 0) is 6.92 Å². The molecule has 0 rings (SSSR count). The summed E-state index contributed by atoms with van der Waals surface area (Å²) in [5, 5.41) is 10.3. The molecular weight excluding hydrogens is 189 g/mol. The van der Waals surface area contributed by atoms with Crippen LogP contribution in [0.25, 0.3) is 0 Å². The molecule has 0 radical (unpaired) electrons. The summed E-state index contributed by atoms with van der Waals surface area (Å²) in [6.45, 7) is 0.917. The van der Waals surface area contributed by atoms with Crippen LogP contribution in [0.4, 0.5) is 13.2 Å². The normalized spacial score (nSPS) is 16.5. The molecule has 4 nitrogen and oxygen atoms in total. The van der Waals surface area contributed by atoms with Crippen molar-refractivity contribution >= 4 is 5.91 Å². The number of halogens is 3. The third-order valence-corrected chi connectivity index (χ3v) is 1.38. The average molecular weight is 200 g/mol. The van der Waals surface area contributed by atoms with E-state index in [1.54, 1.807) is 5.32 Å². The molecule has 7 heteroatoms. The fourth-order valence-corrected chi connectivity index (χ4v) is 0.481. The topological polar surface area (TPSA) is 75.3 Å². The van der Waals surface area contributed by atoms with Crippen LogP contribution < -0.4 is 11.1 Å². The summed E-state index contributed by atoms with van der Waals surface area (Å²) < 4.78 is 34.8. The second kappa shape index (κ2) is 4.43. The number of amides is 1. The molecule has 13 heavy (non-hydrogen) atoms. The van der Waals surface area contributed by atoms with Crippen molar-refractivity contribution in [2.45, 2.75) is 25.2 Å². The van der Waals surface area contributed by atoms with Crippen LogP contribution in [-0.4, -0.2) is 35.9 Å². The molecule has 0 aliphatic carbocycles. The average Bonchev–Trinajstić information content (AvgIpc) is 1.97. The molecule has 0 heterocycles. The van der Waals surface area contributed by atoms with Crippen molar-refractivity contribution in [1.29, 1.82) is 0 Å². The smallest absolute Gasteiger partial charge is 0.392 e. The van der Waals surface area contributed by atoms with E-state index in [0.29, 0.717) is 0 Å². The number of hydrogen-bond acceptors (Lipinski definition) is 3. The van der Waals surface area contributed by atoms with Gasteiger partial charge in [0.25, 0.3) is 0 Å². The maximum absolute atomic E-state index is 11.6. The van der Waals surface area contributed by atoms with Crippen LogP contribution in [0.15, 0.2) is 0 Å². The molecule has 78 valence electrons. The Hall–Kier alpha value is -0.820. The van der Waals surface area contributed by atoms with E-state index in [1.807, 2.05) is 0 Å². The summed E-state index contributed by atoms with van der Waals surface area (Å²) >= 11 is 0. The van der Waals surface area contributed by atoms with E-state index in [-0.39, 0.29) is 0 Å². The Balaban J connectivity index is 3.84. The first-order valence-electron chi connectivity index (χ1n) is 3.54. The van der Waals surface area contributed by atoms with Gasteiger partial charge in [0.2, 0.25) is 0 Å². The van der Waals surface area contributed by atoms with E-state index in [1.165, 1.54) is 6.92 Å². The van der Waals surface area contributed by atoms with Crippen molar-refractivity contribution in [3.8, 4) is 0 Å². The van der Waals surface area contributed by atoms with Crippen LogP contribution in [0, 0.1) is 0 Å². The van der Waals surface area contributed by atoms with E-state index in [0.717, 1.165) is 0 Å². The van der Waals surface area contributed by atoms with Gasteiger partial charge in [-0.2, -0.15) is 13.2 Å². The Kier molecular flexibility index (Phi) is 4.15. The Labute approximate surface area is 72.9 Å². The maximum Gasteiger partial charge on any atom is 0.471 e. The summed E-state index contributed by atoms with van der Waals surface area (Å²) in [4.78, 5) is 10.2. The molecule has 0 bridgehead atoms. The fourth-order valence-electron chi connectivity index (χ4n) is 0.481. The second-order valence-corrected chi connectivity index (χ2v) is 2.61. The van der Waals surface area contributed by atoms with Gasteiger partial charge in [-0.3, -0.25) is 4.79 Å². The lowest BCUT2D eigenvalue weighted by atomic mass is 10.2. The quantitative estimate of drug-likeness (QED) is 0.568. The van der Waals surface area contributed by atoms with Crippen LogP contribution >= 0.6 is 0 Å². The van der Waals surface area contributed by atoms with Crippen molar-refractivity contribution in [2.24, 2.45) is 5.73 Å². The lowest BCUT2D eigenvalue weighted by molar-refractivity contribution is -0.173. The summed E-state index contributed by atoms with van der Waals surface area (Å²) in [6, 6.07) is -0.897. The fraction of sp³-hybridized carbons (Fsp3) is 0.833. The van der Waals surface area contributed by atoms with E-state index in [2.05, 4.69) is 0 Å². The van der Waals surface area contributed by atoms with Crippen molar-refractivity contribution in [1.82, 2.24) is 5.32 Å². The number of nitrogens with one attached hydrogen (secondary N) is 1. The molecule has 0 aromatic rings. The number of rotatable bonds is 3. The number of carbonyl (C=O) groups is 1. The van der Waals surface area contributed by atoms with Crippen molar-refractivity contribution in [3.05, 3.63) is 0 Å². The monoisotopic (exact) mass is 200 g/mol. The van der Waals surface area contributed by atoms with E-state index in [9.17, 15) is 18.0 Å². The molecule has 2 unspecified atom stereocenters. The first-order chi connectivity index (χ1) is 5.75. The van der Waals surface area contributed by atoms with Gasteiger partial charge in [-0.1, -0.05) is 0 Å². The molecule has 0 aliphatic rings. The zero-order valence-electron chi connectivity index (χ0n) is 6.93. The highest BCUT2D eigenvalue weighted by molar-refractivity contribution is 5.81. The molecule has 0 saturated carbocycles. The Bertz CT molecular complexity index is 181. The number of hydrogen-bond donors (Lipinski definition) is 3. The number of aliphatic hydroxyl groups is 1. The Morgan fingerprint density at radius 2 is 2.08 bits per heavy atom. The number of nitrogens with two attached hydrogens (primary N) is 1. The van der Waals surface area contributed by atoms with E-state index in [4.69, 9.17) is 10.8 Å². The molecule has 0 aliphatic heterocycles. The summed E-state index contributed by atoms with van der Waals surface area (Å²) in [6.07, 6.45) is -5.87. The van der Waals surface area contributed by atoms with Crippen molar-refractivity contribution in [3.63, 3.8) is 0 Å². The van der Waals surface area contributed by atoms with E-state index >= 15 is 0 Å². The third-order valence-electron chi connectivity index (χ3n) is 1.38. The largest absolute Gasteiger partial charge is 0.471 e. The minimum Gasteiger partial charge on any atom is -0.392 e. The lowest BCUT2D eigenvalue weighted by Gasteiger charge is -2.15. The van der Waals surface area contributed by atoms with Crippen LogP contribution in [0.3, 0.4) is 0 Å². The molecular formula is C6H11F3N2O2. The van der Waals surface area contributed by atoms with Gasteiger partial charge in [0.05, 0.1) is 6.10 Å². The third kappa shape index (κ3) is 4.69. The molecule has 4 N–H and O–H groups in total. The zero-order chi connectivity index (χ0) is 10.6. The zero-order valence-corrected chi connectivity index (χ0v) is 6.93. The molecule has 0 aromatic heterocycles. The van der Waals surface area contributed by atoms with Crippen molar-refractivity contribution in [2.75, 3.05) is 6.54 Å². The first-order valence-corrected chi connectivity index (χ1v) is 3.54. The molecule has 0 fully saturated rings. The molecule has 0 aromatic carbocycles. The highest BCUT2D eigenvalue weighted by atomic mass is 19.4. The molecule has 0 saturated heterocycles.